The summed E-state index contributed by atoms with van der Waals surface area (Å²) in [5.74, 6) is 0. The van der Waals surface area contributed by atoms with Crippen LogP contribution in [0, 0.1) is 0 Å². The molecule has 0 saturated carbocycles. The lowest BCUT2D eigenvalue weighted by Gasteiger charge is -2.24. The van der Waals surface area contributed by atoms with Gasteiger partial charge in [0.1, 0.15) is 12.2 Å². The van der Waals surface area contributed by atoms with Gasteiger partial charge in [0.2, 0.25) is 0 Å². The highest BCUT2D eigenvalue weighted by molar-refractivity contribution is 4.68. The topological polar surface area (TPSA) is 77.1 Å². The molecule has 4 unspecified atom stereocenters. The standard InChI is InChI=1S/C20H36O8/c1-3-7-24-19(5-1)26-10-9-21-13-17(14-22-15-18-16-28-18)23-11-12-27-20-6-2-4-8-25-20/h17-20H,1-16H2. The van der Waals surface area contributed by atoms with E-state index in [-0.39, 0.29) is 24.8 Å². The third-order valence-corrected chi connectivity index (χ3v) is 4.86. The van der Waals surface area contributed by atoms with E-state index in [0.717, 1.165) is 58.3 Å². The minimum atomic E-state index is -0.138. The third-order valence-electron chi connectivity index (χ3n) is 4.86. The monoisotopic (exact) mass is 404 g/mol. The molecule has 164 valence electrons. The van der Waals surface area contributed by atoms with Gasteiger partial charge in [0.05, 0.1) is 52.9 Å². The molecule has 0 bridgehead atoms. The molecule has 0 radical (unpaired) electrons. The van der Waals surface area contributed by atoms with Crippen LogP contribution in [0.2, 0.25) is 0 Å². The third kappa shape index (κ3) is 9.93. The molecule has 4 atom stereocenters. The fourth-order valence-corrected chi connectivity index (χ4v) is 3.17. The number of hydrogen-bond acceptors (Lipinski definition) is 8. The van der Waals surface area contributed by atoms with Crippen molar-refractivity contribution in [3.05, 3.63) is 0 Å². The molecule has 8 heteroatoms. The largest absolute Gasteiger partial charge is 0.376 e. The summed E-state index contributed by atoms with van der Waals surface area (Å²) in [5.41, 5.74) is 0. The van der Waals surface area contributed by atoms with Crippen LogP contribution in [0.1, 0.15) is 38.5 Å². The highest BCUT2D eigenvalue weighted by Gasteiger charge is 2.23. The Morgan fingerprint density at radius 2 is 1.36 bits per heavy atom. The number of epoxide rings is 1. The molecule has 3 aliphatic rings. The van der Waals surface area contributed by atoms with Crippen molar-refractivity contribution in [1.29, 1.82) is 0 Å². The second-order valence-corrected chi connectivity index (χ2v) is 7.39. The Balaban J connectivity index is 1.23. The maximum atomic E-state index is 5.90. The molecule has 28 heavy (non-hydrogen) atoms. The van der Waals surface area contributed by atoms with Gasteiger partial charge in [0, 0.05) is 13.2 Å². The second-order valence-electron chi connectivity index (χ2n) is 7.39. The zero-order valence-electron chi connectivity index (χ0n) is 16.9. The molecule has 0 spiro atoms. The van der Waals surface area contributed by atoms with Crippen LogP contribution in [0.25, 0.3) is 0 Å². The minimum Gasteiger partial charge on any atom is -0.376 e. The zero-order valence-corrected chi connectivity index (χ0v) is 16.9. The molecule has 0 N–H and O–H groups in total. The smallest absolute Gasteiger partial charge is 0.157 e. The van der Waals surface area contributed by atoms with Gasteiger partial charge in [-0.3, -0.25) is 0 Å². The minimum absolute atomic E-state index is 0.0783. The Hall–Kier alpha value is -0.320. The highest BCUT2D eigenvalue weighted by Crippen LogP contribution is 2.14. The first-order valence-corrected chi connectivity index (χ1v) is 10.8. The summed E-state index contributed by atoms with van der Waals surface area (Å²) >= 11 is 0. The quantitative estimate of drug-likeness (QED) is 0.303. The van der Waals surface area contributed by atoms with Crippen LogP contribution in [0.4, 0.5) is 0 Å². The summed E-state index contributed by atoms with van der Waals surface area (Å²) in [5, 5.41) is 0. The molecule has 8 nitrogen and oxygen atoms in total. The van der Waals surface area contributed by atoms with Crippen molar-refractivity contribution in [1.82, 2.24) is 0 Å². The van der Waals surface area contributed by atoms with Gasteiger partial charge < -0.3 is 37.9 Å². The molecule has 3 aliphatic heterocycles. The van der Waals surface area contributed by atoms with Crippen molar-refractivity contribution >= 4 is 0 Å². The molecule has 0 amide bonds. The first-order valence-electron chi connectivity index (χ1n) is 10.8. The van der Waals surface area contributed by atoms with Crippen molar-refractivity contribution in [2.75, 3.05) is 66.1 Å². The Labute approximate surface area is 168 Å². The lowest BCUT2D eigenvalue weighted by molar-refractivity contribution is -0.178. The van der Waals surface area contributed by atoms with Gasteiger partial charge in [-0.15, -0.1) is 0 Å². The molecule has 0 aromatic rings. The summed E-state index contributed by atoms with van der Waals surface area (Å²) in [4.78, 5) is 0. The van der Waals surface area contributed by atoms with Gasteiger partial charge >= 0.3 is 0 Å². The van der Waals surface area contributed by atoms with Crippen molar-refractivity contribution in [2.24, 2.45) is 0 Å². The van der Waals surface area contributed by atoms with Crippen molar-refractivity contribution in [3.8, 4) is 0 Å². The zero-order chi connectivity index (χ0) is 19.3. The maximum absolute atomic E-state index is 5.90. The summed E-state index contributed by atoms with van der Waals surface area (Å²) < 4.78 is 45.0. The van der Waals surface area contributed by atoms with E-state index in [1.807, 2.05) is 0 Å². The van der Waals surface area contributed by atoms with Gasteiger partial charge in [0.25, 0.3) is 0 Å². The summed E-state index contributed by atoms with van der Waals surface area (Å²) in [6, 6.07) is 0. The highest BCUT2D eigenvalue weighted by atomic mass is 16.7. The Kier molecular flexibility index (Phi) is 11.0. The van der Waals surface area contributed by atoms with Crippen molar-refractivity contribution < 1.29 is 37.9 Å². The number of ether oxygens (including phenoxy) is 8. The molecule has 0 aromatic carbocycles. The first kappa shape index (κ1) is 22.4. The van der Waals surface area contributed by atoms with E-state index in [1.54, 1.807) is 0 Å². The predicted molar refractivity (Wildman–Crippen MR) is 100 cm³/mol. The van der Waals surface area contributed by atoms with Crippen LogP contribution in [-0.2, 0) is 37.9 Å². The fraction of sp³-hybridized carbons (Fsp3) is 1.00. The lowest BCUT2D eigenvalue weighted by Crippen LogP contribution is -2.30. The van der Waals surface area contributed by atoms with E-state index in [4.69, 9.17) is 37.9 Å². The van der Waals surface area contributed by atoms with E-state index in [1.165, 1.54) is 0 Å². The van der Waals surface area contributed by atoms with Crippen LogP contribution in [0.3, 0.4) is 0 Å². The van der Waals surface area contributed by atoms with Crippen molar-refractivity contribution in [3.63, 3.8) is 0 Å². The van der Waals surface area contributed by atoms with Gasteiger partial charge in [-0.2, -0.15) is 0 Å². The van der Waals surface area contributed by atoms with Crippen LogP contribution < -0.4 is 0 Å². The van der Waals surface area contributed by atoms with Gasteiger partial charge in [-0.05, 0) is 38.5 Å². The summed E-state index contributed by atoms with van der Waals surface area (Å²) in [6.45, 7) is 5.94. The second kappa shape index (κ2) is 13.8. The summed E-state index contributed by atoms with van der Waals surface area (Å²) in [6.07, 6.45) is 6.43. The first-order chi connectivity index (χ1) is 13.9. The van der Waals surface area contributed by atoms with Crippen LogP contribution in [0.5, 0.6) is 0 Å². The van der Waals surface area contributed by atoms with Crippen molar-refractivity contribution in [2.45, 2.75) is 63.3 Å². The SMILES string of the molecule is C1CCC(OCCOCC(COCC2CO2)OCCOC2CCCCO2)OC1. The molecular weight excluding hydrogens is 368 g/mol. The summed E-state index contributed by atoms with van der Waals surface area (Å²) in [7, 11) is 0. The van der Waals surface area contributed by atoms with E-state index in [0.29, 0.717) is 46.2 Å². The van der Waals surface area contributed by atoms with Crippen LogP contribution in [0.15, 0.2) is 0 Å². The molecule has 3 rings (SSSR count). The number of rotatable bonds is 15. The molecular formula is C20H36O8. The van der Waals surface area contributed by atoms with Crippen LogP contribution in [-0.4, -0.2) is 90.9 Å². The maximum Gasteiger partial charge on any atom is 0.157 e. The molecule has 0 aromatic heterocycles. The average Bonchev–Trinajstić information content (AvgIpc) is 3.56. The van der Waals surface area contributed by atoms with E-state index >= 15 is 0 Å². The predicted octanol–water partition coefficient (Wildman–Crippen LogP) is 1.89. The van der Waals surface area contributed by atoms with Gasteiger partial charge in [0.15, 0.2) is 12.6 Å². The Morgan fingerprint density at radius 3 is 1.96 bits per heavy atom. The Bertz CT molecular complexity index is 380. The van der Waals surface area contributed by atoms with Gasteiger partial charge in [-0.25, -0.2) is 0 Å². The molecule has 3 saturated heterocycles. The Morgan fingerprint density at radius 1 is 0.714 bits per heavy atom. The average molecular weight is 405 g/mol. The van der Waals surface area contributed by atoms with E-state index in [2.05, 4.69) is 0 Å². The lowest BCUT2D eigenvalue weighted by atomic mass is 10.2. The molecule has 3 fully saturated rings. The molecule has 0 aliphatic carbocycles. The van der Waals surface area contributed by atoms with E-state index in [9.17, 15) is 0 Å². The molecule has 3 heterocycles. The van der Waals surface area contributed by atoms with Crippen LogP contribution >= 0.6 is 0 Å². The normalized spacial score (nSPS) is 28.9. The number of hydrogen-bond donors (Lipinski definition) is 0. The van der Waals surface area contributed by atoms with E-state index < -0.39 is 0 Å². The fourth-order valence-electron chi connectivity index (χ4n) is 3.17. The van der Waals surface area contributed by atoms with Gasteiger partial charge in [-0.1, -0.05) is 0 Å².